The average Bonchev–Trinajstić information content (AvgIpc) is 2.50. The maximum Gasteiger partial charge on any atom is 0.0639 e. The second-order valence-corrected chi connectivity index (χ2v) is 5.95. The van der Waals surface area contributed by atoms with Crippen LogP contribution in [0.1, 0.15) is 29.2 Å². The molecule has 2 nitrogen and oxygen atoms in total. The van der Waals surface area contributed by atoms with Crippen LogP contribution in [0.25, 0.3) is 6.08 Å². The van der Waals surface area contributed by atoms with E-state index in [0.29, 0.717) is 6.54 Å². The van der Waals surface area contributed by atoms with E-state index in [1.807, 2.05) is 13.0 Å². The summed E-state index contributed by atoms with van der Waals surface area (Å²) in [6.07, 6.45) is 1.52. The van der Waals surface area contributed by atoms with Gasteiger partial charge in [0.2, 0.25) is 0 Å². The number of nitrogens with zero attached hydrogens (tertiary/aromatic N) is 1. The average molecular weight is 295 g/mol. The topological polar surface area (TPSA) is 23.5 Å². The van der Waals surface area contributed by atoms with Gasteiger partial charge in [0.15, 0.2) is 0 Å². The largest absolute Gasteiger partial charge is 0.392 e. The summed E-state index contributed by atoms with van der Waals surface area (Å²) in [5, 5.41) is 9.75. The summed E-state index contributed by atoms with van der Waals surface area (Å²) in [7, 11) is 0. The van der Waals surface area contributed by atoms with Crippen molar-refractivity contribution < 1.29 is 5.11 Å². The van der Waals surface area contributed by atoms with Crippen molar-refractivity contribution in [3.63, 3.8) is 0 Å². The normalized spacial score (nSPS) is 12.4. The molecule has 0 fully saturated rings. The predicted octanol–water partition coefficient (Wildman–Crippen LogP) is 4.02. The minimum Gasteiger partial charge on any atom is -0.392 e. The minimum absolute atomic E-state index is 0.335. The molecule has 0 saturated heterocycles. The summed E-state index contributed by atoms with van der Waals surface area (Å²) in [6, 6.07) is 17.0. The Morgan fingerprint density at radius 3 is 1.95 bits per heavy atom. The second kappa shape index (κ2) is 7.92. The van der Waals surface area contributed by atoms with Crippen LogP contribution in [0.2, 0.25) is 0 Å². The highest BCUT2D eigenvalue weighted by atomic mass is 16.3. The van der Waals surface area contributed by atoms with Crippen LogP contribution in [-0.4, -0.2) is 22.7 Å². The third kappa shape index (κ3) is 5.14. The van der Waals surface area contributed by atoms with Gasteiger partial charge in [0, 0.05) is 19.6 Å². The van der Waals surface area contributed by atoms with Gasteiger partial charge in [-0.05, 0) is 30.5 Å². The molecule has 0 radical (unpaired) electrons. The number of aliphatic hydroxyl groups excluding tert-OH is 1. The molecule has 0 heterocycles. The fourth-order valence-corrected chi connectivity index (χ4v) is 2.53. The molecule has 0 bridgehead atoms. The molecule has 22 heavy (non-hydrogen) atoms. The molecule has 0 spiro atoms. The molecule has 0 aliphatic carbocycles. The van der Waals surface area contributed by atoms with E-state index in [0.717, 1.165) is 18.7 Å². The highest BCUT2D eigenvalue weighted by molar-refractivity contribution is 5.47. The Bertz CT molecular complexity index is 584. The van der Waals surface area contributed by atoms with Crippen LogP contribution in [0.4, 0.5) is 0 Å². The number of hydrogen-bond donors (Lipinski definition) is 1. The van der Waals surface area contributed by atoms with Gasteiger partial charge in [-0.15, -0.1) is 0 Å². The lowest BCUT2D eigenvalue weighted by Gasteiger charge is -2.24. The van der Waals surface area contributed by atoms with Gasteiger partial charge in [-0.3, -0.25) is 4.90 Å². The van der Waals surface area contributed by atoms with Crippen molar-refractivity contribution in [2.45, 2.75) is 33.0 Å². The highest BCUT2D eigenvalue weighted by Gasteiger charge is 2.10. The molecule has 0 aliphatic heterocycles. The van der Waals surface area contributed by atoms with Crippen molar-refractivity contribution >= 4 is 6.08 Å². The molecule has 0 aliphatic rings. The molecule has 0 amide bonds. The van der Waals surface area contributed by atoms with Crippen LogP contribution in [0.3, 0.4) is 0 Å². The van der Waals surface area contributed by atoms with Gasteiger partial charge in [-0.25, -0.2) is 0 Å². The summed E-state index contributed by atoms with van der Waals surface area (Å²) >= 11 is 0. The van der Waals surface area contributed by atoms with E-state index in [1.165, 1.54) is 16.7 Å². The first kappa shape index (κ1) is 16.5. The maximum atomic E-state index is 9.75. The zero-order chi connectivity index (χ0) is 15.9. The summed E-state index contributed by atoms with van der Waals surface area (Å²) in [5.74, 6) is 0. The van der Waals surface area contributed by atoms with E-state index in [-0.39, 0.29) is 6.10 Å². The standard InChI is InChI=1S/C20H25NO/c1-4-18-9-11-20(12-10-18)15-21(13-17(3)22)14-19-7-5-16(2)6-8-19/h4-12,17,22H,1,13-15H2,2-3H3. The molecule has 2 aromatic carbocycles. The van der Waals surface area contributed by atoms with Crippen molar-refractivity contribution in [2.24, 2.45) is 0 Å². The molecular weight excluding hydrogens is 270 g/mol. The Kier molecular flexibility index (Phi) is 5.93. The third-order valence-corrected chi connectivity index (χ3v) is 3.67. The van der Waals surface area contributed by atoms with Gasteiger partial charge in [0.1, 0.15) is 0 Å². The van der Waals surface area contributed by atoms with Gasteiger partial charge in [-0.2, -0.15) is 0 Å². The molecular formula is C20H25NO. The van der Waals surface area contributed by atoms with Crippen LogP contribution >= 0.6 is 0 Å². The van der Waals surface area contributed by atoms with Crippen molar-refractivity contribution in [3.8, 4) is 0 Å². The number of hydrogen-bond acceptors (Lipinski definition) is 2. The van der Waals surface area contributed by atoms with Gasteiger partial charge < -0.3 is 5.11 Å². The summed E-state index contributed by atoms with van der Waals surface area (Å²) in [6.45, 7) is 10.0. The van der Waals surface area contributed by atoms with Gasteiger partial charge >= 0.3 is 0 Å². The van der Waals surface area contributed by atoms with Crippen molar-refractivity contribution in [2.75, 3.05) is 6.54 Å². The smallest absolute Gasteiger partial charge is 0.0639 e. The van der Waals surface area contributed by atoms with Crippen LogP contribution in [0, 0.1) is 6.92 Å². The van der Waals surface area contributed by atoms with Crippen molar-refractivity contribution in [1.82, 2.24) is 4.90 Å². The van der Waals surface area contributed by atoms with Crippen LogP contribution in [-0.2, 0) is 13.1 Å². The number of rotatable bonds is 7. The van der Waals surface area contributed by atoms with Crippen LogP contribution < -0.4 is 0 Å². The minimum atomic E-state index is -0.335. The fraction of sp³-hybridized carbons (Fsp3) is 0.300. The van der Waals surface area contributed by atoms with Gasteiger partial charge in [0.05, 0.1) is 6.10 Å². The lowest BCUT2D eigenvalue weighted by Crippen LogP contribution is -2.30. The van der Waals surface area contributed by atoms with E-state index in [4.69, 9.17) is 0 Å². The maximum absolute atomic E-state index is 9.75. The van der Waals surface area contributed by atoms with E-state index in [2.05, 4.69) is 66.9 Å². The predicted molar refractivity (Wildman–Crippen MR) is 93.5 cm³/mol. The Hall–Kier alpha value is -1.90. The van der Waals surface area contributed by atoms with E-state index < -0.39 is 0 Å². The highest BCUT2D eigenvalue weighted by Crippen LogP contribution is 2.13. The van der Waals surface area contributed by atoms with Crippen LogP contribution in [0.5, 0.6) is 0 Å². The molecule has 0 aromatic heterocycles. The Morgan fingerprint density at radius 2 is 1.50 bits per heavy atom. The van der Waals surface area contributed by atoms with Gasteiger partial charge in [-0.1, -0.05) is 66.7 Å². The SMILES string of the molecule is C=Cc1ccc(CN(Cc2ccc(C)cc2)CC(C)O)cc1. The summed E-state index contributed by atoms with van der Waals surface area (Å²) < 4.78 is 0. The zero-order valence-corrected chi connectivity index (χ0v) is 13.5. The molecule has 1 atom stereocenters. The van der Waals surface area contributed by atoms with E-state index >= 15 is 0 Å². The van der Waals surface area contributed by atoms with Crippen molar-refractivity contribution in [3.05, 3.63) is 77.4 Å². The number of aryl methyl sites for hydroxylation is 1. The Balaban J connectivity index is 2.07. The third-order valence-electron chi connectivity index (χ3n) is 3.67. The van der Waals surface area contributed by atoms with E-state index in [9.17, 15) is 5.11 Å². The van der Waals surface area contributed by atoms with Gasteiger partial charge in [0.25, 0.3) is 0 Å². The lowest BCUT2D eigenvalue weighted by molar-refractivity contribution is 0.118. The molecule has 0 saturated carbocycles. The second-order valence-electron chi connectivity index (χ2n) is 5.95. The quantitative estimate of drug-likeness (QED) is 0.834. The molecule has 2 aromatic rings. The Morgan fingerprint density at radius 1 is 1.00 bits per heavy atom. The zero-order valence-electron chi connectivity index (χ0n) is 13.5. The fourth-order valence-electron chi connectivity index (χ4n) is 2.53. The summed E-state index contributed by atoms with van der Waals surface area (Å²) in [5.41, 5.74) is 4.92. The lowest BCUT2D eigenvalue weighted by atomic mass is 10.1. The first-order chi connectivity index (χ1) is 10.6. The first-order valence-corrected chi connectivity index (χ1v) is 7.74. The van der Waals surface area contributed by atoms with Crippen molar-refractivity contribution in [1.29, 1.82) is 0 Å². The van der Waals surface area contributed by atoms with E-state index in [1.54, 1.807) is 0 Å². The molecule has 1 unspecified atom stereocenters. The van der Waals surface area contributed by atoms with Crippen LogP contribution in [0.15, 0.2) is 55.1 Å². The molecule has 1 N–H and O–H groups in total. The monoisotopic (exact) mass is 295 g/mol. The number of aliphatic hydroxyl groups is 1. The first-order valence-electron chi connectivity index (χ1n) is 7.74. The molecule has 116 valence electrons. The molecule has 2 rings (SSSR count). The molecule has 2 heteroatoms. The number of benzene rings is 2. The Labute approximate surface area is 133 Å². The summed E-state index contributed by atoms with van der Waals surface area (Å²) in [4.78, 5) is 2.28.